The van der Waals surface area contributed by atoms with Gasteiger partial charge in [0, 0.05) is 12.3 Å². The number of aromatic nitrogens is 2. The first kappa shape index (κ1) is 24.9. The average Bonchev–Trinajstić information content (AvgIpc) is 3.41. The fourth-order valence-electron chi connectivity index (χ4n) is 4.05. The molecular formula is C25H16Cl2FN3O5S. The summed E-state index contributed by atoms with van der Waals surface area (Å²) in [7, 11) is 2.77. The Kier molecular flexibility index (Phi) is 6.49. The van der Waals surface area contributed by atoms with Gasteiger partial charge in [-0.3, -0.25) is 19.5 Å². The molecule has 1 saturated heterocycles. The number of aliphatic hydroxyl groups is 1. The fraction of sp³-hybridized carbons (Fsp3) is 0.120. The van der Waals surface area contributed by atoms with Crippen LogP contribution in [0.4, 0.5) is 9.52 Å². The number of carbonyl (C=O) groups excluding carboxylic acids is 2. The number of carbonyl (C=O) groups is 2. The molecule has 1 N–H and O–H groups in total. The number of hydrogen-bond donors (Lipinski definition) is 1. The van der Waals surface area contributed by atoms with Crippen LogP contribution in [0.5, 0.6) is 11.5 Å². The molecular weight excluding hydrogens is 544 g/mol. The van der Waals surface area contributed by atoms with Crippen molar-refractivity contribution in [2.24, 2.45) is 0 Å². The third-order valence-electron chi connectivity index (χ3n) is 5.77. The number of ketones is 1. The van der Waals surface area contributed by atoms with E-state index in [1.54, 1.807) is 18.2 Å². The smallest absolute Gasteiger partial charge is 0.301 e. The van der Waals surface area contributed by atoms with Crippen molar-refractivity contribution in [3.8, 4) is 11.5 Å². The molecule has 4 aromatic rings. The van der Waals surface area contributed by atoms with Crippen molar-refractivity contribution in [2.75, 3.05) is 19.1 Å². The minimum atomic E-state index is -1.14. The van der Waals surface area contributed by atoms with Gasteiger partial charge in [-0.1, -0.05) is 40.6 Å². The molecule has 0 bridgehead atoms. The van der Waals surface area contributed by atoms with Crippen LogP contribution in [0.3, 0.4) is 0 Å². The van der Waals surface area contributed by atoms with Crippen molar-refractivity contribution in [3.05, 3.63) is 81.4 Å². The first-order valence-electron chi connectivity index (χ1n) is 10.6. The van der Waals surface area contributed by atoms with E-state index in [-0.39, 0.29) is 37.8 Å². The highest BCUT2D eigenvalue weighted by molar-refractivity contribution is 7.22. The summed E-state index contributed by atoms with van der Waals surface area (Å²) in [5, 5.41) is 11.6. The fourth-order valence-corrected chi connectivity index (χ4v) is 5.44. The first-order valence-corrected chi connectivity index (χ1v) is 12.2. The lowest BCUT2D eigenvalue weighted by Crippen LogP contribution is -2.29. The minimum absolute atomic E-state index is 0.0841. The zero-order valence-corrected chi connectivity index (χ0v) is 21.5. The number of Topliss-reactive ketones (excluding diaryl/α,β-unsaturated/α-hetero) is 1. The average molecular weight is 560 g/mol. The van der Waals surface area contributed by atoms with Crippen molar-refractivity contribution in [3.63, 3.8) is 0 Å². The normalized spacial score (nSPS) is 17.0. The van der Waals surface area contributed by atoms with E-state index in [9.17, 15) is 19.1 Å². The molecule has 12 heteroatoms. The molecule has 37 heavy (non-hydrogen) atoms. The van der Waals surface area contributed by atoms with E-state index in [0.29, 0.717) is 15.9 Å². The number of aliphatic hydroxyl groups excluding tert-OH is 1. The molecule has 188 valence electrons. The van der Waals surface area contributed by atoms with Crippen LogP contribution >= 0.6 is 34.5 Å². The Bertz CT molecular complexity index is 1570. The molecule has 5 rings (SSSR count). The number of fused-ring (bicyclic) bond motifs is 1. The maximum atomic E-state index is 14.1. The first-order chi connectivity index (χ1) is 17.7. The number of rotatable bonds is 5. The van der Waals surface area contributed by atoms with Gasteiger partial charge in [0.15, 0.2) is 5.13 Å². The van der Waals surface area contributed by atoms with E-state index < -0.39 is 29.3 Å². The van der Waals surface area contributed by atoms with Gasteiger partial charge in [0.1, 0.15) is 29.1 Å². The van der Waals surface area contributed by atoms with Gasteiger partial charge >= 0.3 is 5.91 Å². The van der Waals surface area contributed by atoms with Gasteiger partial charge in [-0.25, -0.2) is 9.37 Å². The third kappa shape index (κ3) is 4.16. The predicted molar refractivity (Wildman–Crippen MR) is 138 cm³/mol. The third-order valence-corrected chi connectivity index (χ3v) is 7.37. The number of benzene rings is 2. The quantitative estimate of drug-likeness (QED) is 0.188. The van der Waals surface area contributed by atoms with Crippen molar-refractivity contribution in [1.29, 1.82) is 0 Å². The highest BCUT2D eigenvalue weighted by atomic mass is 35.5. The number of ether oxygens (including phenoxy) is 2. The van der Waals surface area contributed by atoms with Crippen molar-refractivity contribution in [1.82, 2.24) is 9.97 Å². The number of hydrogen-bond acceptors (Lipinski definition) is 8. The van der Waals surface area contributed by atoms with Crippen molar-refractivity contribution < 1.29 is 28.6 Å². The number of halogens is 3. The molecule has 1 fully saturated rings. The molecule has 2 aromatic heterocycles. The molecule has 0 radical (unpaired) electrons. The van der Waals surface area contributed by atoms with Crippen LogP contribution in [-0.2, 0) is 9.59 Å². The molecule has 8 nitrogen and oxygen atoms in total. The second-order valence-corrected chi connectivity index (χ2v) is 9.66. The van der Waals surface area contributed by atoms with Crippen LogP contribution in [0.2, 0.25) is 10.0 Å². The summed E-state index contributed by atoms with van der Waals surface area (Å²) < 4.78 is 25.1. The van der Waals surface area contributed by atoms with Crippen LogP contribution in [-0.4, -0.2) is 41.0 Å². The number of nitrogens with zero attached hydrogens (tertiary/aromatic N) is 3. The van der Waals surface area contributed by atoms with Crippen LogP contribution in [0, 0.1) is 5.82 Å². The summed E-state index contributed by atoms with van der Waals surface area (Å²) in [4.78, 5) is 36.6. The summed E-state index contributed by atoms with van der Waals surface area (Å²) in [6.45, 7) is 0. The number of methoxy groups -OCH3 is 2. The molecule has 0 aliphatic carbocycles. The standard InChI is InChI=1S/C25H16Cl2FN3O5S/c1-35-17-9-13(27)18(36-2)7-11(17)22(32)20-21(15-5-3-4-6-29-15)31(24(34)23(20)33)25-30-16-8-12(26)14(28)10-19(16)37-25/h3-10,21,32H,1-2H3/b22-20+. The van der Waals surface area contributed by atoms with Crippen LogP contribution < -0.4 is 14.4 Å². The van der Waals surface area contributed by atoms with Gasteiger partial charge in [-0.2, -0.15) is 0 Å². The topological polar surface area (TPSA) is 102 Å². The monoisotopic (exact) mass is 559 g/mol. The molecule has 1 aliphatic rings. The molecule has 2 aromatic carbocycles. The maximum absolute atomic E-state index is 14.1. The lowest BCUT2D eigenvalue weighted by molar-refractivity contribution is -0.132. The van der Waals surface area contributed by atoms with Gasteiger partial charge in [0.25, 0.3) is 5.78 Å². The summed E-state index contributed by atoms with van der Waals surface area (Å²) >= 11 is 13.1. The van der Waals surface area contributed by atoms with Gasteiger partial charge in [0.05, 0.1) is 51.3 Å². The Hall–Kier alpha value is -3.73. The SMILES string of the molecule is COc1cc(/C(O)=C2\C(=O)C(=O)N(c3nc4cc(Cl)c(F)cc4s3)C2c2ccccn2)c(OC)cc1Cl. The van der Waals surface area contributed by atoms with Gasteiger partial charge < -0.3 is 14.6 Å². The minimum Gasteiger partial charge on any atom is -0.507 e. The number of pyridine rings is 1. The predicted octanol–water partition coefficient (Wildman–Crippen LogP) is 5.78. The van der Waals surface area contributed by atoms with Gasteiger partial charge in [0.2, 0.25) is 0 Å². The summed E-state index contributed by atoms with van der Waals surface area (Å²) in [5.41, 5.74) is 0.486. The Morgan fingerprint density at radius 3 is 2.51 bits per heavy atom. The zero-order chi connectivity index (χ0) is 26.4. The highest BCUT2D eigenvalue weighted by Crippen LogP contribution is 2.46. The van der Waals surface area contributed by atoms with Crippen molar-refractivity contribution in [2.45, 2.75) is 6.04 Å². The second kappa shape index (κ2) is 9.62. The Morgan fingerprint density at radius 2 is 1.84 bits per heavy atom. The van der Waals surface area contributed by atoms with E-state index in [1.807, 2.05) is 0 Å². The molecule has 1 unspecified atom stereocenters. The lowest BCUT2D eigenvalue weighted by atomic mass is 9.98. The van der Waals surface area contributed by atoms with Crippen LogP contribution in [0.25, 0.3) is 16.0 Å². The number of amides is 1. The highest BCUT2D eigenvalue weighted by Gasteiger charge is 2.49. The summed E-state index contributed by atoms with van der Waals surface area (Å²) in [5.74, 6) is -2.69. The van der Waals surface area contributed by atoms with E-state index in [0.717, 1.165) is 16.2 Å². The Morgan fingerprint density at radius 1 is 1.08 bits per heavy atom. The van der Waals surface area contributed by atoms with E-state index >= 15 is 0 Å². The van der Waals surface area contributed by atoms with Crippen LogP contribution in [0.15, 0.2) is 54.2 Å². The van der Waals surface area contributed by atoms with E-state index in [4.69, 9.17) is 32.7 Å². The number of anilines is 1. The molecule has 1 atom stereocenters. The molecule has 0 spiro atoms. The molecule has 1 aliphatic heterocycles. The van der Waals surface area contributed by atoms with E-state index in [2.05, 4.69) is 9.97 Å². The molecule has 1 amide bonds. The largest absolute Gasteiger partial charge is 0.507 e. The van der Waals surface area contributed by atoms with Crippen LogP contribution in [0.1, 0.15) is 17.3 Å². The Balaban J connectivity index is 1.76. The summed E-state index contributed by atoms with van der Waals surface area (Å²) in [6, 6.07) is 9.19. The maximum Gasteiger partial charge on any atom is 0.301 e. The molecule has 0 saturated carbocycles. The molecule has 3 heterocycles. The van der Waals surface area contributed by atoms with Gasteiger partial charge in [-0.05, 0) is 30.3 Å². The lowest BCUT2D eigenvalue weighted by Gasteiger charge is -2.22. The summed E-state index contributed by atoms with van der Waals surface area (Å²) in [6.07, 6.45) is 1.49. The number of thiazole rings is 1. The second-order valence-electron chi connectivity index (χ2n) is 7.84. The Labute approximate surface area is 223 Å². The zero-order valence-electron chi connectivity index (χ0n) is 19.2. The van der Waals surface area contributed by atoms with E-state index in [1.165, 1.54) is 44.7 Å². The van der Waals surface area contributed by atoms with Crippen molar-refractivity contribution >= 4 is 67.3 Å². The van der Waals surface area contributed by atoms with Gasteiger partial charge in [-0.15, -0.1) is 0 Å².